The van der Waals surface area contributed by atoms with Gasteiger partial charge < -0.3 is 15.2 Å². The summed E-state index contributed by atoms with van der Waals surface area (Å²) in [6.45, 7) is 0.580. The van der Waals surface area contributed by atoms with E-state index >= 15 is 0 Å². The molecule has 0 heterocycles. The second kappa shape index (κ2) is 5.80. The number of methoxy groups -OCH3 is 1. The van der Waals surface area contributed by atoms with Crippen LogP contribution in [0.5, 0.6) is 5.75 Å². The Morgan fingerprint density at radius 3 is 2.56 bits per heavy atom. The molecule has 0 unspecified atom stereocenters. The molecule has 0 amide bonds. The lowest BCUT2D eigenvalue weighted by atomic mass is 10.0. The number of aliphatic hydroxyl groups is 1. The van der Waals surface area contributed by atoms with Gasteiger partial charge in [0, 0.05) is 17.1 Å². The first-order valence-corrected chi connectivity index (χ1v) is 7.62. The number of anilines is 1. The van der Waals surface area contributed by atoms with Crippen molar-refractivity contribution in [2.45, 2.75) is 31.3 Å². The van der Waals surface area contributed by atoms with Crippen LogP contribution in [0.3, 0.4) is 0 Å². The highest BCUT2D eigenvalue weighted by Crippen LogP contribution is 2.36. The summed E-state index contributed by atoms with van der Waals surface area (Å²) in [5.74, 6) is 0.777. The number of benzene rings is 1. The van der Waals surface area contributed by atoms with Gasteiger partial charge in [0.1, 0.15) is 5.75 Å². The predicted octanol–water partition coefficient (Wildman–Crippen LogP) is 3.94. The van der Waals surface area contributed by atoms with Gasteiger partial charge in [0.05, 0.1) is 22.9 Å². The second-order valence-electron chi connectivity index (χ2n) is 4.75. The summed E-state index contributed by atoms with van der Waals surface area (Å²) in [5.41, 5.74) is 0.384. The highest BCUT2D eigenvalue weighted by Gasteiger charge is 2.30. The van der Waals surface area contributed by atoms with Gasteiger partial charge in [-0.25, -0.2) is 0 Å². The average Bonchev–Trinajstić information content (AvgIpc) is 2.76. The fourth-order valence-corrected chi connectivity index (χ4v) is 3.59. The minimum absolute atomic E-state index is 0.556. The van der Waals surface area contributed by atoms with Crippen molar-refractivity contribution in [2.75, 3.05) is 19.0 Å². The van der Waals surface area contributed by atoms with Crippen LogP contribution in [0.1, 0.15) is 25.7 Å². The average molecular weight is 379 g/mol. The van der Waals surface area contributed by atoms with E-state index < -0.39 is 5.60 Å². The van der Waals surface area contributed by atoms with Crippen LogP contribution < -0.4 is 10.1 Å². The number of nitrogens with one attached hydrogen (secondary N) is 1. The zero-order chi connectivity index (χ0) is 13.2. The molecule has 100 valence electrons. The van der Waals surface area contributed by atoms with Crippen molar-refractivity contribution in [1.29, 1.82) is 0 Å². The molecule has 0 saturated heterocycles. The van der Waals surface area contributed by atoms with Crippen LogP contribution in [0.2, 0.25) is 0 Å². The summed E-state index contributed by atoms with van der Waals surface area (Å²) in [7, 11) is 1.64. The molecular weight excluding hydrogens is 362 g/mol. The summed E-state index contributed by atoms with van der Waals surface area (Å²) in [6, 6.07) is 3.87. The molecular formula is C13H17Br2NO2. The van der Waals surface area contributed by atoms with Crippen LogP contribution >= 0.6 is 31.9 Å². The molecule has 1 saturated carbocycles. The molecule has 0 bridgehead atoms. The second-order valence-corrected chi connectivity index (χ2v) is 6.46. The fraction of sp³-hybridized carbons (Fsp3) is 0.538. The molecule has 0 radical (unpaired) electrons. The molecule has 0 spiro atoms. The predicted molar refractivity (Wildman–Crippen MR) is 80.3 cm³/mol. The Balaban J connectivity index is 2.09. The molecule has 5 heteroatoms. The third-order valence-corrected chi connectivity index (χ3v) is 4.66. The maximum absolute atomic E-state index is 10.3. The highest BCUT2D eigenvalue weighted by molar-refractivity contribution is 9.11. The first-order valence-electron chi connectivity index (χ1n) is 6.03. The molecule has 2 rings (SSSR count). The van der Waals surface area contributed by atoms with Crippen LogP contribution in [-0.4, -0.2) is 24.4 Å². The lowest BCUT2D eigenvalue weighted by Gasteiger charge is -2.23. The van der Waals surface area contributed by atoms with E-state index in [4.69, 9.17) is 4.74 Å². The van der Waals surface area contributed by atoms with Crippen molar-refractivity contribution in [3.8, 4) is 5.75 Å². The standard InChI is InChI=1S/C13H17Br2NO2/c1-18-12-7-11(9(14)6-10(12)15)16-8-13(17)4-2-3-5-13/h6-7,16-17H,2-5,8H2,1H3. The van der Waals surface area contributed by atoms with E-state index in [0.29, 0.717) is 6.54 Å². The topological polar surface area (TPSA) is 41.5 Å². The summed E-state index contributed by atoms with van der Waals surface area (Å²) in [6.07, 6.45) is 3.99. The Kier molecular flexibility index (Phi) is 4.56. The van der Waals surface area contributed by atoms with Crippen LogP contribution in [0.15, 0.2) is 21.1 Å². The zero-order valence-corrected chi connectivity index (χ0v) is 13.5. The van der Waals surface area contributed by atoms with Crippen molar-refractivity contribution in [1.82, 2.24) is 0 Å². The van der Waals surface area contributed by atoms with Crippen LogP contribution in [0, 0.1) is 0 Å². The van der Waals surface area contributed by atoms with Crippen molar-refractivity contribution < 1.29 is 9.84 Å². The van der Waals surface area contributed by atoms with Gasteiger partial charge in [0.15, 0.2) is 0 Å². The van der Waals surface area contributed by atoms with Crippen LogP contribution in [0.25, 0.3) is 0 Å². The first-order chi connectivity index (χ1) is 8.54. The van der Waals surface area contributed by atoms with Crippen molar-refractivity contribution in [2.24, 2.45) is 0 Å². The minimum atomic E-state index is -0.556. The number of hydrogen-bond acceptors (Lipinski definition) is 3. The maximum atomic E-state index is 10.3. The van der Waals surface area contributed by atoms with Crippen LogP contribution in [-0.2, 0) is 0 Å². The van der Waals surface area contributed by atoms with Crippen molar-refractivity contribution in [3.05, 3.63) is 21.1 Å². The van der Waals surface area contributed by atoms with Gasteiger partial charge in [0.2, 0.25) is 0 Å². The van der Waals surface area contributed by atoms with E-state index in [1.54, 1.807) is 7.11 Å². The van der Waals surface area contributed by atoms with Crippen LogP contribution in [0.4, 0.5) is 5.69 Å². The smallest absolute Gasteiger partial charge is 0.135 e. The molecule has 2 N–H and O–H groups in total. The van der Waals surface area contributed by atoms with E-state index in [1.165, 1.54) is 0 Å². The van der Waals surface area contributed by atoms with Gasteiger partial charge in [-0.3, -0.25) is 0 Å². The molecule has 3 nitrogen and oxygen atoms in total. The Morgan fingerprint density at radius 2 is 1.94 bits per heavy atom. The monoisotopic (exact) mass is 377 g/mol. The van der Waals surface area contributed by atoms with Gasteiger partial charge in [-0.1, -0.05) is 12.8 Å². The normalized spacial score (nSPS) is 17.8. The van der Waals surface area contributed by atoms with E-state index in [1.807, 2.05) is 12.1 Å². The van der Waals surface area contributed by atoms with Crippen molar-refractivity contribution in [3.63, 3.8) is 0 Å². The summed E-state index contributed by atoms with van der Waals surface area (Å²) >= 11 is 6.95. The molecule has 1 aromatic carbocycles. The van der Waals surface area contributed by atoms with E-state index in [-0.39, 0.29) is 0 Å². The molecule has 1 aliphatic rings. The molecule has 1 fully saturated rings. The number of halogens is 2. The van der Waals surface area contributed by atoms with Gasteiger partial charge >= 0.3 is 0 Å². The Hall–Kier alpha value is -0.260. The molecule has 18 heavy (non-hydrogen) atoms. The van der Waals surface area contributed by atoms with E-state index in [9.17, 15) is 5.11 Å². The first kappa shape index (κ1) is 14.2. The largest absolute Gasteiger partial charge is 0.495 e. The summed E-state index contributed by atoms with van der Waals surface area (Å²) in [4.78, 5) is 0. The molecule has 0 atom stereocenters. The Labute approximate surface area is 124 Å². The third-order valence-electron chi connectivity index (χ3n) is 3.38. The molecule has 0 aromatic heterocycles. The van der Waals surface area contributed by atoms with Gasteiger partial charge in [-0.2, -0.15) is 0 Å². The fourth-order valence-electron chi connectivity index (χ4n) is 2.29. The highest BCUT2D eigenvalue weighted by atomic mass is 79.9. The van der Waals surface area contributed by atoms with E-state index in [0.717, 1.165) is 46.1 Å². The maximum Gasteiger partial charge on any atom is 0.135 e. The lowest BCUT2D eigenvalue weighted by Crippen LogP contribution is -2.33. The third kappa shape index (κ3) is 3.19. The molecule has 1 aromatic rings. The van der Waals surface area contributed by atoms with Crippen molar-refractivity contribution >= 4 is 37.5 Å². The minimum Gasteiger partial charge on any atom is -0.495 e. The number of rotatable bonds is 4. The quantitative estimate of drug-likeness (QED) is 0.833. The van der Waals surface area contributed by atoms with Gasteiger partial charge in [-0.05, 0) is 50.8 Å². The summed E-state index contributed by atoms with van der Waals surface area (Å²) < 4.78 is 7.13. The summed E-state index contributed by atoms with van der Waals surface area (Å²) in [5, 5.41) is 13.6. The number of ether oxygens (including phenoxy) is 1. The van der Waals surface area contributed by atoms with E-state index in [2.05, 4.69) is 37.2 Å². The Morgan fingerprint density at radius 1 is 1.28 bits per heavy atom. The Bertz CT molecular complexity index is 431. The van der Waals surface area contributed by atoms with Gasteiger partial charge in [0.25, 0.3) is 0 Å². The molecule has 0 aliphatic heterocycles. The zero-order valence-electron chi connectivity index (χ0n) is 10.3. The van der Waals surface area contributed by atoms with Gasteiger partial charge in [-0.15, -0.1) is 0 Å². The lowest BCUT2D eigenvalue weighted by molar-refractivity contribution is 0.0614. The number of hydrogen-bond donors (Lipinski definition) is 2. The SMILES string of the molecule is COc1cc(NCC2(O)CCCC2)c(Br)cc1Br. The molecule has 1 aliphatic carbocycles.